The van der Waals surface area contributed by atoms with E-state index < -0.39 is 15.9 Å². The highest BCUT2D eigenvalue weighted by molar-refractivity contribution is 7.89. The number of hydrogen-bond donors (Lipinski definition) is 0. The van der Waals surface area contributed by atoms with Crippen LogP contribution in [0, 0.1) is 0 Å². The molecule has 1 aliphatic heterocycles. The third-order valence-electron chi connectivity index (χ3n) is 6.34. The van der Waals surface area contributed by atoms with Crippen molar-refractivity contribution in [2.24, 2.45) is 4.99 Å². The number of fused-ring (bicyclic) bond motifs is 3. The van der Waals surface area contributed by atoms with E-state index in [1.165, 1.54) is 27.8 Å². The maximum Gasteiger partial charge on any atom is 0.279 e. The van der Waals surface area contributed by atoms with Gasteiger partial charge in [-0.2, -0.15) is 9.30 Å². The van der Waals surface area contributed by atoms with Crippen LogP contribution in [0.25, 0.3) is 21.0 Å². The van der Waals surface area contributed by atoms with E-state index in [1.807, 2.05) is 22.8 Å². The van der Waals surface area contributed by atoms with Gasteiger partial charge in [0.25, 0.3) is 5.91 Å². The number of thiazole rings is 1. The predicted octanol–water partition coefficient (Wildman–Crippen LogP) is 4.42. The molecule has 7 nitrogen and oxygen atoms in total. The number of sulfonamides is 1. The predicted molar refractivity (Wildman–Crippen MR) is 138 cm³/mol. The number of amides is 1. The highest BCUT2D eigenvalue weighted by Crippen LogP contribution is 2.28. The van der Waals surface area contributed by atoms with Crippen molar-refractivity contribution in [1.29, 1.82) is 0 Å². The Hall–Kier alpha value is -2.85. The average Bonchev–Trinajstić information content (AvgIpc) is 3.25. The minimum Gasteiger partial charge on any atom is -0.383 e. The molecule has 0 radical (unpaired) electrons. The van der Waals surface area contributed by atoms with Crippen molar-refractivity contribution in [3.05, 3.63) is 71.0 Å². The Morgan fingerprint density at radius 1 is 1.00 bits per heavy atom. The van der Waals surface area contributed by atoms with Crippen molar-refractivity contribution in [1.82, 2.24) is 8.87 Å². The maximum absolute atomic E-state index is 13.1. The minimum absolute atomic E-state index is 0.208. The molecule has 1 fully saturated rings. The Labute approximate surface area is 208 Å². The number of benzene rings is 3. The zero-order chi connectivity index (χ0) is 24.4. The van der Waals surface area contributed by atoms with Crippen LogP contribution in [0.1, 0.15) is 29.6 Å². The lowest BCUT2D eigenvalue weighted by Gasteiger charge is -2.25. The van der Waals surface area contributed by atoms with E-state index in [0.717, 1.165) is 40.3 Å². The normalized spacial score (nSPS) is 15.7. The highest BCUT2D eigenvalue weighted by atomic mass is 32.2. The fourth-order valence-electron chi connectivity index (χ4n) is 4.46. The maximum atomic E-state index is 13.1. The fraction of sp³-hybridized carbons (Fsp3) is 0.308. The molecule has 0 atom stereocenters. The van der Waals surface area contributed by atoms with Gasteiger partial charge in [-0.25, -0.2) is 8.42 Å². The summed E-state index contributed by atoms with van der Waals surface area (Å²) in [4.78, 5) is 18.3. The van der Waals surface area contributed by atoms with Gasteiger partial charge in [0, 0.05) is 37.7 Å². The molecule has 9 heteroatoms. The lowest BCUT2D eigenvalue weighted by atomic mass is 10.1. The van der Waals surface area contributed by atoms with E-state index in [4.69, 9.17) is 4.74 Å². The fourth-order valence-corrected chi connectivity index (χ4v) is 7.16. The smallest absolute Gasteiger partial charge is 0.279 e. The van der Waals surface area contributed by atoms with Crippen molar-refractivity contribution >= 4 is 48.3 Å². The molecule has 182 valence electrons. The lowest BCUT2D eigenvalue weighted by molar-refractivity contribution is 0.0997. The van der Waals surface area contributed by atoms with Gasteiger partial charge in [0.2, 0.25) is 10.0 Å². The summed E-state index contributed by atoms with van der Waals surface area (Å²) in [5.74, 6) is -0.408. The number of aromatic nitrogens is 1. The summed E-state index contributed by atoms with van der Waals surface area (Å²) >= 11 is 1.47. The molecule has 0 spiro atoms. The number of hydrogen-bond acceptors (Lipinski definition) is 5. The highest BCUT2D eigenvalue weighted by Gasteiger charge is 2.26. The van der Waals surface area contributed by atoms with Crippen LogP contribution in [0.15, 0.2) is 70.6 Å². The van der Waals surface area contributed by atoms with Crippen LogP contribution in [-0.4, -0.2) is 50.0 Å². The summed E-state index contributed by atoms with van der Waals surface area (Å²) in [6.45, 7) is 2.14. The summed E-state index contributed by atoms with van der Waals surface area (Å²) < 4.78 is 35.7. The van der Waals surface area contributed by atoms with Gasteiger partial charge >= 0.3 is 0 Å². The Kier molecular flexibility index (Phi) is 6.84. The zero-order valence-electron chi connectivity index (χ0n) is 19.5. The average molecular weight is 510 g/mol. The van der Waals surface area contributed by atoms with E-state index in [-0.39, 0.29) is 4.90 Å². The van der Waals surface area contributed by atoms with Crippen LogP contribution in [0.5, 0.6) is 0 Å². The van der Waals surface area contributed by atoms with Gasteiger partial charge in [-0.15, -0.1) is 0 Å². The Bertz CT molecular complexity index is 1550. The Morgan fingerprint density at radius 3 is 2.49 bits per heavy atom. The second-order valence-electron chi connectivity index (χ2n) is 8.57. The van der Waals surface area contributed by atoms with E-state index in [9.17, 15) is 13.2 Å². The van der Waals surface area contributed by atoms with E-state index in [2.05, 4.69) is 23.2 Å². The van der Waals surface area contributed by atoms with Gasteiger partial charge in [0.05, 0.1) is 21.7 Å². The molecule has 0 unspecified atom stereocenters. The van der Waals surface area contributed by atoms with Crippen LogP contribution < -0.4 is 4.80 Å². The molecule has 1 saturated heterocycles. The quantitative estimate of drug-likeness (QED) is 0.385. The number of ether oxygens (including phenoxy) is 1. The first-order chi connectivity index (χ1) is 17.0. The second-order valence-corrected chi connectivity index (χ2v) is 11.5. The van der Waals surface area contributed by atoms with E-state index in [0.29, 0.717) is 36.6 Å². The number of rotatable bonds is 6. The monoisotopic (exact) mass is 509 g/mol. The van der Waals surface area contributed by atoms with Crippen LogP contribution in [0.3, 0.4) is 0 Å². The van der Waals surface area contributed by atoms with Crippen molar-refractivity contribution in [3.8, 4) is 0 Å². The van der Waals surface area contributed by atoms with Gasteiger partial charge in [0.1, 0.15) is 0 Å². The molecule has 4 aromatic rings. The van der Waals surface area contributed by atoms with Gasteiger partial charge in [-0.3, -0.25) is 4.79 Å². The number of carbonyl (C=O) groups excluding carboxylic acids is 1. The molecule has 1 aromatic heterocycles. The molecular formula is C26H27N3O4S2. The first kappa shape index (κ1) is 23.9. The Balaban J connectivity index is 1.51. The second kappa shape index (κ2) is 10.0. The van der Waals surface area contributed by atoms with E-state index >= 15 is 0 Å². The molecule has 0 aliphatic carbocycles. The first-order valence-electron chi connectivity index (χ1n) is 11.7. The van der Waals surface area contributed by atoms with Crippen molar-refractivity contribution in [2.75, 3.05) is 26.8 Å². The standard InChI is InChI=1S/C26H27N3O4S2/c1-33-18-17-29-23-14-11-19-7-3-4-8-22(19)24(23)34-26(29)27-25(30)20-9-12-21(13-10-20)35(31,32)28-15-5-2-6-16-28/h3-4,7-14H,2,5-6,15-18H2,1H3. The minimum atomic E-state index is -3.54. The number of nitrogens with zero attached hydrogens (tertiary/aromatic N) is 3. The van der Waals surface area contributed by atoms with E-state index in [1.54, 1.807) is 19.2 Å². The molecule has 1 aliphatic rings. The van der Waals surface area contributed by atoms with Gasteiger partial charge in [-0.05, 0) is 48.6 Å². The zero-order valence-corrected chi connectivity index (χ0v) is 21.1. The molecule has 3 aromatic carbocycles. The summed E-state index contributed by atoms with van der Waals surface area (Å²) in [7, 11) is -1.90. The molecule has 0 bridgehead atoms. The topological polar surface area (TPSA) is 81.0 Å². The number of methoxy groups -OCH3 is 1. The van der Waals surface area contributed by atoms with Crippen LogP contribution in [0.4, 0.5) is 0 Å². The molecule has 0 N–H and O–H groups in total. The van der Waals surface area contributed by atoms with Crippen molar-refractivity contribution in [3.63, 3.8) is 0 Å². The van der Waals surface area contributed by atoms with Crippen LogP contribution >= 0.6 is 11.3 Å². The van der Waals surface area contributed by atoms with Gasteiger partial charge < -0.3 is 9.30 Å². The molecule has 1 amide bonds. The lowest BCUT2D eigenvalue weighted by Crippen LogP contribution is -2.35. The van der Waals surface area contributed by atoms with Crippen LogP contribution in [-0.2, 0) is 21.3 Å². The SMILES string of the molecule is COCCn1c(=NC(=O)c2ccc(S(=O)(=O)N3CCCCC3)cc2)sc2c3ccccc3ccc21. The molecule has 35 heavy (non-hydrogen) atoms. The van der Waals surface area contributed by atoms with Gasteiger partial charge in [0.15, 0.2) is 4.80 Å². The third-order valence-corrected chi connectivity index (χ3v) is 9.38. The molecular weight excluding hydrogens is 482 g/mol. The molecule has 5 rings (SSSR count). The number of carbonyl (C=O) groups is 1. The summed E-state index contributed by atoms with van der Waals surface area (Å²) in [6, 6.07) is 18.4. The van der Waals surface area contributed by atoms with Gasteiger partial charge in [-0.1, -0.05) is 48.1 Å². The number of piperidine rings is 1. The first-order valence-corrected chi connectivity index (χ1v) is 13.9. The summed E-state index contributed by atoms with van der Waals surface area (Å²) in [5.41, 5.74) is 1.35. The molecule has 2 heterocycles. The molecule has 0 saturated carbocycles. The largest absolute Gasteiger partial charge is 0.383 e. The summed E-state index contributed by atoms with van der Waals surface area (Å²) in [6.07, 6.45) is 2.81. The summed E-state index contributed by atoms with van der Waals surface area (Å²) in [5, 5.41) is 2.24. The van der Waals surface area contributed by atoms with Crippen molar-refractivity contribution < 1.29 is 17.9 Å². The Morgan fingerprint density at radius 2 is 1.74 bits per heavy atom. The van der Waals surface area contributed by atoms with Crippen LogP contribution in [0.2, 0.25) is 0 Å². The third kappa shape index (κ3) is 4.69. The van der Waals surface area contributed by atoms with Crippen molar-refractivity contribution in [2.45, 2.75) is 30.7 Å².